The Morgan fingerprint density at radius 1 is 0.625 bits per heavy atom. The summed E-state index contributed by atoms with van der Waals surface area (Å²) in [6.45, 7) is 26.5. The Morgan fingerprint density at radius 2 is 1.08 bits per heavy atom. The predicted octanol–water partition coefficient (Wildman–Crippen LogP) is 2.52. The predicted molar refractivity (Wildman–Crippen MR) is 104 cm³/mol. The molecule has 3 aliphatic rings. The van der Waals surface area contributed by atoms with E-state index < -0.39 is 0 Å². The first-order valence-corrected chi connectivity index (χ1v) is 10.3. The summed E-state index contributed by atoms with van der Waals surface area (Å²) in [5.41, 5.74) is 0. The summed E-state index contributed by atoms with van der Waals surface area (Å²) < 4.78 is 0. The second-order valence-electron chi connectivity index (χ2n) is 9.25. The molecule has 3 aliphatic heterocycles. The van der Waals surface area contributed by atoms with Crippen LogP contribution in [0, 0.1) is 17.8 Å². The van der Waals surface area contributed by atoms with Crippen molar-refractivity contribution in [3.05, 3.63) is 0 Å². The minimum atomic E-state index is 0.591. The van der Waals surface area contributed by atoms with Gasteiger partial charge in [-0.1, -0.05) is 41.5 Å². The highest BCUT2D eigenvalue weighted by Crippen LogP contribution is 2.18. The Hall–Kier alpha value is -0.160. The summed E-state index contributed by atoms with van der Waals surface area (Å²) in [6.07, 6.45) is 0.591. The van der Waals surface area contributed by atoms with Crippen LogP contribution in [0.4, 0.5) is 0 Å². The molecule has 0 aromatic heterocycles. The van der Waals surface area contributed by atoms with E-state index in [9.17, 15) is 0 Å². The van der Waals surface area contributed by atoms with Crippen molar-refractivity contribution in [1.29, 1.82) is 0 Å². The van der Waals surface area contributed by atoms with Crippen LogP contribution in [0.3, 0.4) is 0 Å². The van der Waals surface area contributed by atoms with E-state index in [2.05, 4.69) is 61.1 Å². The fraction of sp³-hybridized carbons (Fsp3) is 1.00. The summed E-state index contributed by atoms with van der Waals surface area (Å²) in [5, 5.41) is 0. The van der Waals surface area contributed by atoms with E-state index in [0.29, 0.717) is 6.17 Å². The van der Waals surface area contributed by atoms with E-state index in [4.69, 9.17) is 0 Å². The molecule has 0 amide bonds. The van der Waals surface area contributed by atoms with E-state index in [1.807, 2.05) is 0 Å². The van der Waals surface area contributed by atoms with Gasteiger partial charge in [0.1, 0.15) is 0 Å². The van der Waals surface area contributed by atoms with Crippen LogP contribution in [0.1, 0.15) is 41.5 Å². The Kier molecular flexibility index (Phi) is 7.99. The zero-order valence-corrected chi connectivity index (χ0v) is 17.2. The molecular formula is C20H42N4. The maximum Gasteiger partial charge on any atom is 0.0754 e. The third-order valence-corrected chi connectivity index (χ3v) is 5.23. The van der Waals surface area contributed by atoms with Crippen molar-refractivity contribution < 1.29 is 0 Å². The second kappa shape index (κ2) is 9.51. The van der Waals surface area contributed by atoms with Crippen molar-refractivity contribution >= 4 is 0 Å². The molecule has 4 heteroatoms. The highest BCUT2D eigenvalue weighted by Gasteiger charge is 2.32. The molecule has 3 fully saturated rings. The summed E-state index contributed by atoms with van der Waals surface area (Å²) in [6, 6.07) is 0. The number of rotatable bonds is 6. The SMILES string of the molecule is CC(C)CN1CCN2CCN(CC(C)C)C(C1)N(CC(C)C)CC2. The Labute approximate surface area is 151 Å². The minimum absolute atomic E-state index is 0.591. The van der Waals surface area contributed by atoms with Gasteiger partial charge in [0.2, 0.25) is 0 Å². The first kappa shape index (κ1) is 20.2. The quantitative estimate of drug-likeness (QED) is 0.738. The minimum Gasteiger partial charge on any atom is -0.300 e. The largest absolute Gasteiger partial charge is 0.300 e. The number of hydrogen-bond donors (Lipinski definition) is 0. The van der Waals surface area contributed by atoms with Crippen molar-refractivity contribution in [3.63, 3.8) is 0 Å². The molecule has 0 N–H and O–H groups in total. The van der Waals surface area contributed by atoms with E-state index in [0.717, 1.165) is 17.8 Å². The van der Waals surface area contributed by atoms with Gasteiger partial charge in [-0.15, -0.1) is 0 Å². The van der Waals surface area contributed by atoms with E-state index in [-0.39, 0.29) is 0 Å². The first-order valence-electron chi connectivity index (χ1n) is 10.3. The van der Waals surface area contributed by atoms with Crippen molar-refractivity contribution in [1.82, 2.24) is 19.6 Å². The number of fused-ring (bicyclic) bond motifs is 7. The first-order chi connectivity index (χ1) is 11.3. The fourth-order valence-electron chi connectivity index (χ4n) is 4.29. The molecule has 3 heterocycles. The van der Waals surface area contributed by atoms with Gasteiger partial charge < -0.3 is 0 Å². The van der Waals surface area contributed by atoms with E-state index in [1.165, 1.54) is 65.4 Å². The van der Waals surface area contributed by atoms with Crippen LogP contribution >= 0.6 is 0 Å². The third kappa shape index (κ3) is 6.29. The number of hydrogen-bond acceptors (Lipinski definition) is 4. The lowest BCUT2D eigenvalue weighted by Gasteiger charge is -2.44. The molecule has 0 spiro atoms. The molecule has 2 bridgehead atoms. The van der Waals surface area contributed by atoms with Gasteiger partial charge in [0, 0.05) is 65.4 Å². The third-order valence-electron chi connectivity index (χ3n) is 5.23. The van der Waals surface area contributed by atoms with E-state index in [1.54, 1.807) is 0 Å². The molecule has 0 aromatic rings. The van der Waals surface area contributed by atoms with Gasteiger partial charge in [0.05, 0.1) is 6.17 Å². The van der Waals surface area contributed by atoms with Crippen LogP contribution in [0.2, 0.25) is 0 Å². The van der Waals surface area contributed by atoms with Gasteiger partial charge in [0.25, 0.3) is 0 Å². The molecule has 3 saturated heterocycles. The van der Waals surface area contributed by atoms with Gasteiger partial charge in [-0.2, -0.15) is 0 Å². The molecule has 0 unspecified atom stereocenters. The summed E-state index contributed by atoms with van der Waals surface area (Å²) in [4.78, 5) is 11.0. The average Bonchev–Trinajstić information content (AvgIpc) is 2.58. The zero-order chi connectivity index (χ0) is 17.7. The van der Waals surface area contributed by atoms with E-state index >= 15 is 0 Å². The van der Waals surface area contributed by atoms with Crippen LogP contribution in [-0.2, 0) is 0 Å². The highest BCUT2D eigenvalue weighted by molar-refractivity contribution is 4.85. The lowest BCUT2D eigenvalue weighted by atomic mass is 10.1. The summed E-state index contributed by atoms with van der Waals surface area (Å²) in [7, 11) is 0. The normalized spacial score (nSPS) is 28.4. The van der Waals surface area contributed by atoms with Gasteiger partial charge in [-0.25, -0.2) is 0 Å². The monoisotopic (exact) mass is 338 g/mol. The second-order valence-corrected chi connectivity index (χ2v) is 9.25. The summed E-state index contributed by atoms with van der Waals surface area (Å²) >= 11 is 0. The summed E-state index contributed by atoms with van der Waals surface area (Å²) in [5.74, 6) is 2.22. The molecule has 0 saturated carbocycles. The van der Waals surface area contributed by atoms with Crippen molar-refractivity contribution in [2.24, 2.45) is 17.8 Å². The molecular weight excluding hydrogens is 296 g/mol. The lowest BCUT2D eigenvalue weighted by Crippen LogP contribution is -2.58. The molecule has 0 aliphatic carbocycles. The highest BCUT2D eigenvalue weighted by atomic mass is 15.4. The Balaban J connectivity index is 2.23. The Morgan fingerprint density at radius 3 is 1.54 bits per heavy atom. The zero-order valence-electron chi connectivity index (χ0n) is 17.2. The maximum absolute atomic E-state index is 2.79. The van der Waals surface area contributed by atoms with Crippen molar-refractivity contribution in [2.75, 3.05) is 65.4 Å². The van der Waals surface area contributed by atoms with Gasteiger partial charge in [0.15, 0.2) is 0 Å². The molecule has 0 aromatic carbocycles. The molecule has 142 valence electrons. The van der Waals surface area contributed by atoms with Gasteiger partial charge in [-0.05, 0) is 17.8 Å². The van der Waals surface area contributed by atoms with Crippen molar-refractivity contribution in [2.45, 2.75) is 47.7 Å². The lowest BCUT2D eigenvalue weighted by molar-refractivity contribution is -0.00811. The fourth-order valence-corrected chi connectivity index (χ4v) is 4.29. The molecule has 24 heavy (non-hydrogen) atoms. The topological polar surface area (TPSA) is 13.0 Å². The van der Waals surface area contributed by atoms with Gasteiger partial charge >= 0.3 is 0 Å². The molecule has 4 nitrogen and oxygen atoms in total. The molecule has 0 radical (unpaired) electrons. The Bertz CT molecular complexity index is 331. The molecule has 3 rings (SSSR count). The standard InChI is InChI=1S/C20H42N4/c1-17(2)13-22-8-7-21-9-11-23(14-18(3)4)20(16-22)24(12-10-21)15-19(5)6/h17-20H,7-16H2,1-6H3. The van der Waals surface area contributed by atoms with Crippen molar-refractivity contribution in [3.8, 4) is 0 Å². The average molecular weight is 339 g/mol. The number of nitrogens with zero attached hydrogens (tertiary/aromatic N) is 4. The smallest absolute Gasteiger partial charge is 0.0754 e. The van der Waals surface area contributed by atoms with Crippen LogP contribution in [-0.4, -0.2) is 91.2 Å². The van der Waals surface area contributed by atoms with Crippen LogP contribution in [0.5, 0.6) is 0 Å². The van der Waals surface area contributed by atoms with Crippen LogP contribution in [0.25, 0.3) is 0 Å². The van der Waals surface area contributed by atoms with Gasteiger partial charge in [-0.3, -0.25) is 19.6 Å². The van der Waals surface area contributed by atoms with Crippen LogP contribution in [0.15, 0.2) is 0 Å². The molecule has 0 atom stereocenters. The maximum atomic E-state index is 2.79. The van der Waals surface area contributed by atoms with Crippen LogP contribution < -0.4 is 0 Å².